The van der Waals surface area contributed by atoms with E-state index in [4.69, 9.17) is 0 Å². The number of aromatic nitrogens is 1. The molecule has 0 saturated carbocycles. The fourth-order valence-corrected chi connectivity index (χ4v) is 3.37. The largest absolute Gasteiger partial charge is 0.348 e. The topological polar surface area (TPSA) is 88.2 Å². The van der Waals surface area contributed by atoms with Gasteiger partial charge in [-0.15, -0.1) is 0 Å². The van der Waals surface area contributed by atoms with Crippen LogP contribution < -0.4 is 10.6 Å². The average Bonchev–Trinajstić information content (AvgIpc) is 2.88. The summed E-state index contributed by atoms with van der Waals surface area (Å²) in [7, 11) is 0. The Morgan fingerprint density at radius 1 is 0.667 bits per heavy atom. The van der Waals surface area contributed by atoms with Gasteiger partial charge in [-0.05, 0) is 35.9 Å². The second kappa shape index (κ2) is 10.2. The van der Waals surface area contributed by atoms with Crippen molar-refractivity contribution >= 4 is 23.3 Å². The summed E-state index contributed by atoms with van der Waals surface area (Å²) in [5, 5.41) is 5.70. The minimum absolute atomic E-state index is 0.206. The zero-order valence-corrected chi connectivity index (χ0v) is 17.7. The first-order valence-electron chi connectivity index (χ1n) is 10.4. The van der Waals surface area contributed by atoms with Crippen LogP contribution in [0.5, 0.6) is 0 Å². The second-order valence-corrected chi connectivity index (χ2v) is 7.31. The van der Waals surface area contributed by atoms with Gasteiger partial charge in [0.15, 0.2) is 5.78 Å². The van der Waals surface area contributed by atoms with Crippen LogP contribution in [0.1, 0.15) is 42.2 Å². The second-order valence-electron chi connectivity index (χ2n) is 7.31. The number of rotatable bonds is 7. The third-order valence-corrected chi connectivity index (χ3v) is 5.03. The van der Waals surface area contributed by atoms with Crippen LogP contribution in [0.4, 0.5) is 5.69 Å². The molecule has 0 radical (unpaired) electrons. The maximum atomic E-state index is 12.9. The molecule has 0 aliphatic heterocycles. The van der Waals surface area contributed by atoms with Crippen LogP contribution in [-0.2, 0) is 6.54 Å². The van der Waals surface area contributed by atoms with E-state index in [1.165, 1.54) is 0 Å². The summed E-state index contributed by atoms with van der Waals surface area (Å²) < 4.78 is 0. The van der Waals surface area contributed by atoms with Gasteiger partial charge in [-0.3, -0.25) is 19.4 Å². The number of carbonyl (C=O) groups excluding carboxylic acids is 3. The van der Waals surface area contributed by atoms with Crippen molar-refractivity contribution in [3.63, 3.8) is 0 Å². The third-order valence-electron chi connectivity index (χ3n) is 5.03. The molecule has 162 valence electrons. The lowest BCUT2D eigenvalue weighted by molar-refractivity contribution is 0.0939. The number of pyridine rings is 1. The number of amides is 2. The Kier molecular flexibility index (Phi) is 6.66. The lowest BCUT2D eigenvalue weighted by atomic mass is 9.98. The van der Waals surface area contributed by atoms with Gasteiger partial charge in [0.25, 0.3) is 11.8 Å². The number of hydrogen-bond donors (Lipinski definition) is 2. The molecular weight excluding hydrogens is 414 g/mol. The van der Waals surface area contributed by atoms with Gasteiger partial charge in [0, 0.05) is 41.3 Å². The van der Waals surface area contributed by atoms with Crippen molar-refractivity contribution in [2.24, 2.45) is 0 Å². The minimum atomic E-state index is -0.346. The fourth-order valence-electron chi connectivity index (χ4n) is 3.37. The number of nitrogens with one attached hydrogen (secondary N) is 2. The Labute approximate surface area is 191 Å². The lowest BCUT2D eigenvalue weighted by Gasteiger charge is -2.11. The number of nitrogens with zero attached hydrogens (tertiary/aromatic N) is 1. The molecule has 3 aromatic carbocycles. The zero-order chi connectivity index (χ0) is 23.0. The van der Waals surface area contributed by atoms with E-state index in [1.807, 2.05) is 12.1 Å². The van der Waals surface area contributed by atoms with Crippen LogP contribution >= 0.6 is 0 Å². The molecule has 0 unspecified atom stereocenters. The molecule has 6 nitrogen and oxygen atoms in total. The Hall–Kier alpha value is -4.58. The molecule has 0 aliphatic carbocycles. The lowest BCUT2D eigenvalue weighted by Crippen LogP contribution is -2.25. The monoisotopic (exact) mass is 435 g/mol. The summed E-state index contributed by atoms with van der Waals surface area (Å²) in [5.74, 6) is -0.796. The first-order chi connectivity index (χ1) is 16.1. The van der Waals surface area contributed by atoms with E-state index in [0.29, 0.717) is 27.9 Å². The van der Waals surface area contributed by atoms with Crippen LogP contribution in [0.3, 0.4) is 0 Å². The highest BCUT2D eigenvalue weighted by Crippen LogP contribution is 2.16. The summed E-state index contributed by atoms with van der Waals surface area (Å²) in [6.07, 6.45) is 3.11. The molecule has 4 aromatic rings. The van der Waals surface area contributed by atoms with E-state index in [0.717, 1.165) is 5.56 Å². The van der Waals surface area contributed by atoms with Gasteiger partial charge < -0.3 is 10.6 Å². The fraction of sp³-hybridized carbons (Fsp3) is 0.0370. The summed E-state index contributed by atoms with van der Waals surface area (Å²) in [4.78, 5) is 42.0. The van der Waals surface area contributed by atoms with Crippen molar-refractivity contribution in [1.29, 1.82) is 0 Å². The van der Waals surface area contributed by atoms with Crippen molar-refractivity contribution in [1.82, 2.24) is 10.3 Å². The van der Waals surface area contributed by atoms with Gasteiger partial charge in [-0.25, -0.2) is 0 Å². The first kappa shape index (κ1) is 21.6. The maximum absolute atomic E-state index is 12.9. The van der Waals surface area contributed by atoms with E-state index in [9.17, 15) is 14.4 Å². The van der Waals surface area contributed by atoms with Gasteiger partial charge >= 0.3 is 0 Å². The van der Waals surface area contributed by atoms with E-state index in [1.54, 1.807) is 91.3 Å². The Bertz CT molecular complexity index is 1290. The predicted octanol–water partition coefficient (Wildman–Crippen LogP) is 4.49. The molecule has 2 amide bonds. The number of benzene rings is 3. The predicted molar refractivity (Wildman–Crippen MR) is 126 cm³/mol. The molecule has 0 aliphatic rings. The van der Waals surface area contributed by atoms with E-state index in [-0.39, 0.29) is 24.1 Å². The Balaban J connectivity index is 1.44. The highest BCUT2D eigenvalue weighted by Gasteiger charge is 2.17. The van der Waals surface area contributed by atoms with Crippen molar-refractivity contribution < 1.29 is 14.4 Å². The number of hydrogen-bond acceptors (Lipinski definition) is 4. The Morgan fingerprint density at radius 2 is 1.36 bits per heavy atom. The Morgan fingerprint density at radius 3 is 2.12 bits per heavy atom. The molecule has 0 atom stereocenters. The van der Waals surface area contributed by atoms with Crippen LogP contribution in [0.15, 0.2) is 103 Å². The third kappa shape index (κ3) is 5.37. The van der Waals surface area contributed by atoms with Gasteiger partial charge in [-0.1, -0.05) is 60.7 Å². The molecule has 1 heterocycles. The van der Waals surface area contributed by atoms with Crippen LogP contribution in [-0.4, -0.2) is 22.6 Å². The van der Waals surface area contributed by atoms with Gasteiger partial charge in [0.1, 0.15) is 0 Å². The standard InChI is InChI=1S/C27H21N3O3/c31-25(20-8-2-1-3-9-20)23-11-4-5-12-24(23)27(33)29-18-19-7-6-10-22(17-19)30-26(32)21-13-15-28-16-14-21/h1-17H,18H2,(H,29,33)(H,30,32). The van der Waals surface area contributed by atoms with Crippen molar-refractivity contribution in [3.05, 3.63) is 131 Å². The smallest absolute Gasteiger partial charge is 0.255 e. The zero-order valence-electron chi connectivity index (χ0n) is 17.7. The molecule has 4 rings (SSSR count). The molecule has 1 aromatic heterocycles. The minimum Gasteiger partial charge on any atom is -0.348 e. The molecule has 2 N–H and O–H groups in total. The molecule has 0 bridgehead atoms. The van der Waals surface area contributed by atoms with E-state index < -0.39 is 0 Å². The normalized spacial score (nSPS) is 10.3. The summed E-state index contributed by atoms with van der Waals surface area (Å²) >= 11 is 0. The van der Waals surface area contributed by atoms with Gasteiger partial charge in [-0.2, -0.15) is 0 Å². The SMILES string of the molecule is O=C(Nc1cccc(CNC(=O)c2ccccc2C(=O)c2ccccc2)c1)c1ccncc1. The van der Waals surface area contributed by atoms with Gasteiger partial charge in [0.05, 0.1) is 5.56 Å². The summed E-state index contributed by atoms with van der Waals surface area (Å²) in [6.45, 7) is 0.242. The molecule has 0 saturated heterocycles. The van der Waals surface area contributed by atoms with Crippen LogP contribution in [0, 0.1) is 0 Å². The highest BCUT2D eigenvalue weighted by molar-refractivity contribution is 6.15. The van der Waals surface area contributed by atoms with Crippen molar-refractivity contribution in [3.8, 4) is 0 Å². The van der Waals surface area contributed by atoms with Crippen molar-refractivity contribution in [2.75, 3.05) is 5.32 Å². The number of anilines is 1. The highest BCUT2D eigenvalue weighted by atomic mass is 16.2. The molecule has 0 fully saturated rings. The number of carbonyl (C=O) groups is 3. The van der Waals surface area contributed by atoms with E-state index in [2.05, 4.69) is 15.6 Å². The summed E-state index contributed by atoms with van der Waals surface area (Å²) in [6, 6.07) is 26.1. The molecular formula is C27H21N3O3. The van der Waals surface area contributed by atoms with Crippen LogP contribution in [0.25, 0.3) is 0 Å². The quantitative estimate of drug-likeness (QED) is 0.419. The van der Waals surface area contributed by atoms with E-state index >= 15 is 0 Å². The molecule has 0 spiro atoms. The first-order valence-corrected chi connectivity index (χ1v) is 10.4. The van der Waals surface area contributed by atoms with Gasteiger partial charge in [0.2, 0.25) is 0 Å². The van der Waals surface area contributed by atoms with Crippen molar-refractivity contribution in [2.45, 2.75) is 6.54 Å². The maximum Gasteiger partial charge on any atom is 0.255 e. The average molecular weight is 435 g/mol. The molecule has 6 heteroatoms. The number of ketones is 1. The van der Waals surface area contributed by atoms with Crippen LogP contribution in [0.2, 0.25) is 0 Å². The summed E-state index contributed by atoms with van der Waals surface area (Å²) in [5.41, 5.74) is 3.11. The molecule has 33 heavy (non-hydrogen) atoms.